The summed E-state index contributed by atoms with van der Waals surface area (Å²) >= 11 is 0. The predicted molar refractivity (Wildman–Crippen MR) is 97.4 cm³/mol. The maximum Gasteiger partial charge on any atom is 0.135 e. The van der Waals surface area contributed by atoms with Crippen LogP contribution in [0, 0.1) is 4.91 Å². The normalized spacial score (nSPS) is 16.1. The van der Waals surface area contributed by atoms with E-state index in [0.717, 1.165) is 34.6 Å². The van der Waals surface area contributed by atoms with Crippen molar-refractivity contribution in [3.8, 4) is 0 Å². The summed E-state index contributed by atoms with van der Waals surface area (Å²) in [5.41, 5.74) is 2.30. The summed E-state index contributed by atoms with van der Waals surface area (Å²) < 4.78 is 1.03. The first kappa shape index (κ1) is 17.5. The summed E-state index contributed by atoms with van der Waals surface area (Å²) in [5, 5.41) is 2.99. The minimum atomic E-state index is 0.868. The Morgan fingerprint density at radius 2 is 1.70 bits per heavy atom. The molecule has 5 heteroatoms. The highest BCUT2D eigenvalue weighted by atomic mass is 16.2. The van der Waals surface area contributed by atoms with Crippen LogP contribution in [-0.4, -0.2) is 45.8 Å². The molecule has 1 aromatic rings. The van der Waals surface area contributed by atoms with Crippen LogP contribution in [0.25, 0.3) is 0 Å². The molecule has 0 bridgehead atoms. The van der Waals surface area contributed by atoms with E-state index in [0.29, 0.717) is 0 Å². The van der Waals surface area contributed by atoms with Crippen LogP contribution in [0.4, 0.5) is 11.4 Å². The van der Waals surface area contributed by atoms with E-state index in [1.165, 1.54) is 32.0 Å². The molecule has 0 radical (unpaired) electrons. The second kappa shape index (κ2) is 7.59. The van der Waals surface area contributed by atoms with Gasteiger partial charge in [0.1, 0.15) is 12.0 Å². The molecule has 0 saturated heterocycles. The van der Waals surface area contributed by atoms with E-state index in [1.807, 2.05) is 24.1 Å². The Bertz CT molecular complexity index is 562. The van der Waals surface area contributed by atoms with Gasteiger partial charge in [-0.1, -0.05) is 18.6 Å². The largest absolute Gasteiger partial charge is 0.331 e. The van der Waals surface area contributed by atoms with Crippen molar-refractivity contribution in [2.45, 2.75) is 25.7 Å². The van der Waals surface area contributed by atoms with E-state index in [4.69, 9.17) is 0 Å². The third-order valence-corrected chi connectivity index (χ3v) is 4.28. The number of para-hydroxylation sites is 2. The monoisotopic (exact) mass is 317 g/mol. The van der Waals surface area contributed by atoms with Crippen molar-refractivity contribution < 1.29 is 4.48 Å². The Hall–Kier alpha value is -1.88. The minimum absolute atomic E-state index is 0.868. The number of hydrogen-bond donors (Lipinski definition) is 0. The van der Waals surface area contributed by atoms with Gasteiger partial charge in [0.05, 0.1) is 39.1 Å². The quantitative estimate of drug-likeness (QED) is 0.416. The van der Waals surface area contributed by atoms with Crippen molar-refractivity contribution >= 4 is 11.4 Å². The minimum Gasteiger partial charge on any atom is -0.331 e. The zero-order valence-corrected chi connectivity index (χ0v) is 14.8. The van der Waals surface area contributed by atoms with Crippen LogP contribution < -0.4 is 9.80 Å². The van der Waals surface area contributed by atoms with Crippen LogP contribution in [0.15, 0.2) is 41.5 Å². The Kier molecular flexibility index (Phi) is 5.77. The number of rotatable bonds is 8. The van der Waals surface area contributed by atoms with Crippen LogP contribution in [0.1, 0.15) is 25.7 Å². The van der Waals surface area contributed by atoms with E-state index in [1.54, 1.807) is 0 Å². The van der Waals surface area contributed by atoms with E-state index in [2.05, 4.69) is 43.4 Å². The predicted octanol–water partition coefficient (Wildman–Crippen LogP) is 3.77. The lowest BCUT2D eigenvalue weighted by Crippen LogP contribution is -2.35. The molecule has 0 aromatic heterocycles. The number of fused-ring (bicyclic) bond motifs is 1. The zero-order chi connectivity index (χ0) is 16.9. The third kappa shape index (κ3) is 4.55. The smallest absolute Gasteiger partial charge is 0.135 e. The highest BCUT2D eigenvalue weighted by Gasteiger charge is 2.28. The molecule has 1 aromatic carbocycles. The molecule has 1 aliphatic rings. The molecule has 0 unspecified atom stereocenters. The van der Waals surface area contributed by atoms with E-state index in [9.17, 15) is 4.91 Å². The van der Waals surface area contributed by atoms with Gasteiger partial charge in [0, 0.05) is 13.6 Å². The molecular formula is C18H29N4O+. The lowest BCUT2D eigenvalue weighted by molar-refractivity contribution is -0.870. The van der Waals surface area contributed by atoms with E-state index < -0.39 is 0 Å². The zero-order valence-electron chi connectivity index (χ0n) is 14.8. The fraction of sp³-hybridized carbons (Fsp3) is 0.556. The molecule has 0 aliphatic carbocycles. The Balaban J connectivity index is 1.90. The van der Waals surface area contributed by atoms with Crippen LogP contribution >= 0.6 is 0 Å². The Morgan fingerprint density at radius 3 is 2.35 bits per heavy atom. The molecule has 1 aliphatic heterocycles. The fourth-order valence-corrected chi connectivity index (χ4v) is 3.05. The first-order valence-corrected chi connectivity index (χ1v) is 8.37. The van der Waals surface area contributed by atoms with Gasteiger partial charge in [-0.3, -0.25) is 0 Å². The average molecular weight is 317 g/mol. The van der Waals surface area contributed by atoms with Crippen molar-refractivity contribution in [1.29, 1.82) is 0 Å². The molecule has 0 saturated carbocycles. The van der Waals surface area contributed by atoms with Crippen LogP contribution in [0.3, 0.4) is 0 Å². The Morgan fingerprint density at radius 1 is 1.04 bits per heavy atom. The number of benzene rings is 1. The first-order chi connectivity index (χ1) is 10.9. The molecule has 0 amide bonds. The highest BCUT2D eigenvalue weighted by Crippen LogP contribution is 2.40. The van der Waals surface area contributed by atoms with Crippen molar-refractivity contribution in [2.75, 3.05) is 51.1 Å². The number of nitroso groups, excluding NO2 is 1. The summed E-state index contributed by atoms with van der Waals surface area (Å²) in [5.74, 6) is 0.868. The van der Waals surface area contributed by atoms with Crippen molar-refractivity contribution in [1.82, 2.24) is 0 Å². The number of hydrogen-bond acceptors (Lipinski definition) is 4. The maximum atomic E-state index is 10.7. The summed E-state index contributed by atoms with van der Waals surface area (Å²) in [7, 11) is 8.69. The molecule has 0 N–H and O–H groups in total. The first-order valence-electron chi connectivity index (χ1n) is 8.37. The van der Waals surface area contributed by atoms with Gasteiger partial charge in [-0.15, -0.1) is 4.91 Å². The van der Waals surface area contributed by atoms with Gasteiger partial charge in [-0.25, -0.2) is 0 Å². The molecule has 1 heterocycles. The van der Waals surface area contributed by atoms with Gasteiger partial charge in [-0.2, -0.15) is 0 Å². The van der Waals surface area contributed by atoms with Gasteiger partial charge in [0.15, 0.2) is 0 Å². The summed E-state index contributed by atoms with van der Waals surface area (Å²) in [6.07, 6.45) is 6.27. The molecule has 126 valence electrons. The lowest BCUT2D eigenvalue weighted by atomic mass is 10.1. The molecule has 0 spiro atoms. The summed E-state index contributed by atoms with van der Waals surface area (Å²) in [6.45, 7) is 2.14. The average Bonchev–Trinajstić information content (AvgIpc) is 2.76. The van der Waals surface area contributed by atoms with Gasteiger partial charge >= 0.3 is 0 Å². The van der Waals surface area contributed by atoms with Crippen molar-refractivity contribution in [3.63, 3.8) is 0 Å². The molecule has 0 fully saturated rings. The number of quaternary nitrogens is 1. The number of unbranched alkanes of at least 4 members (excludes halogenated alkanes) is 3. The van der Waals surface area contributed by atoms with Gasteiger partial charge < -0.3 is 14.3 Å². The number of nitrogens with zero attached hydrogens (tertiary/aromatic N) is 4. The van der Waals surface area contributed by atoms with Crippen molar-refractivity contribution in [3.05, 3.63) is 41.2 Å². The van der Waals surface area contributed by atoms with Gasteiger partial charge in [0.2, 0.25) is 0 Å². The van der Waals surface area contributed by atoms with Gasteiger partial charge in [-0.05, 0) is 36.6 Å². The van der Waals surface area contributed by atoms with Crippen LogP contribution in [0.5, 0.6) is 0 Å². The SMILES string of the molecule is CN1/C(=C/N=O)N(CCCCCC[N+](C)(C)C)c2ccccc21. The lowest BCUT2D eigenvalue weighted by Gasteiger charge is -2.24. The van der Waals surface area contributed by atoms with Crippen LogP contribution in [0.2, 0.25) is 0 Å². The van der Waals surface area contributed by atoms with E-state index in [-0.39, 0.29) is 0 Å². The van der Waals surface area contributed by atoms with Crippen molar-refractivity contribution in [2.24, 2.45) is 5.18 Å². The Labute approximate surface area is 139 Å². The fourth-order valence-electron chi connectivity index (χ4n) is 3.05. The standard InChI is InChI=1S/C18H29N4O/c1-20-16-11-7-8-12-17(16)21(18(20)15-19-23)13-9-5-6-10-14-22(2,3)4/h7-8,11-12,15H,5-6,9-10,13-14H2,1-4H3/q+1/b18-15-. The number of anilines is 2. The van der Waals surface area contributed by atoms with Gasteiger partial charge in [0.25, 0.3) is 0 Å². The second-order valence-electron chi connectivity index (χ2n) is 7.22. The summed E-state index contributed by atoms with van der Waals surface area (Å²) in [4.78, 5) is 15.0. The third-order valence-electron chi connectivity index (χ3n) is 4.28. The van der Waals surface area contributed by atoms with Crippen LogP contribution in [-0.2, 0) is 0 Å². The van der Waals surface area contributed by atoms with E-state index >= 15 is 0 Å². The molecule has 2 rings (SSSR count). The summed E-state index contributed by atoms with van der Waals surface area (Å²) in [6, 6.07) is 8.25. The molecule has 23 heavy (non-hydrogen) atoms. The molecular weight excluding hydrogens is 288 g/mol. The second-order valence-corrected chi connectivity index (χ2v) is 7.22. The molecule has 0 atom stereocenters. The topological polar surface area (TPSA) is 35.9 Å². The molecule has 5 nitrogen and oxygen atoms in total. The maximum absolute atomic E-state index is 10.7. The highest BCUT2D eigenvalue weighted by molar-refractivity contribution is 5.82.